The molecule has 0 fully saturated rings. The number of furan rings is 1. The number of dihydropyridines is 1. The topological polar surface area (TPSA) is 104 Å². The first-order chi connectivity index (χ1) is 17.0. The number of amides is 1. The van der Waals surface area contributed by atoms with Crippen LogP contribution in [-0.2, 0) is 14.3 Å². The number of hydrogen-bond acceptors (Lipinski definition) is 7. The van der Waals surface area contributed by atoms with E-state index in [-0.39, 0.29) is 29.4 Å². The van der Waals surface area contributed by atoms with Gasteiger partial charge in [-0.05, 0) is 30.5 Å². The molecule has 0 spiro atoms. The number of benzene rings is 2. The maximum Gasteiger partial charge on any atom is 0.337 e. The third-order valence-electron chi connectivity index (χ3n) is 5.44. The van der Waals surface area contributed by atoms with Crippen molar-refractivity contribution in [3.63, 3.8) is 0 Å². The molecule has 0 bridgehead atoms. The van der Waals surface area contributed by atoms with E-state index in [4.69, 9.17) is 9.15 Å². The predicted octanol–water partition coefficient (Wildman–Crippen LogP) is 5.23. The minimum absolute atomic E-state index is 0.0437. The monoisotopic (exact) mass is 485 g/mol. The Kier molecular flexibility index (Phi) is 7.38. The van der Waals surface area contributed by atoms with Gasteiger partial charge in [0.2, 0.25) is 5.91 Å². The van der Waals surface area contributed by atoms with Crippen molar-refractivity contribution >= 4 is 40.1 Å². The van der Waals surface area contributed by atoms with Gasteiger partial charge in [0.25, 0.3) is 0 Å². The molecule has 3 aromatic rings. The molecule has 2 heterocycles. The third kappa shape index (κ3) is 5.15. The minimum atomic E-state index is -0.753. The van der Waals surface area contributed by atoms with Gasteiger partial charge in [0.15, 0.2) is 0 Å². The van der Waals surface area contributed by atoms with Gasteiger partial charge >= 0.3 is 5.97 Å². The van der Waals surface area contributed by atoms with Crippen LogP contribution in [-0.4, -0.2) is 24.2 Å². The smallest absolute Gasteiger partial charge is 0.337 e. The van der Waals surface area contributed by atoms with Gasteiger partial charge in [-0.15, -0.1) is 0 Å². The fraction of sp³-hybridized carbons (Fsp3) is 0.148. The van der Waals surface area contributed by atoms with Crippen LogP contribution in [0.1, 0.15) is 18.6 Å². The lowest BCUT2D eigenvalue weighted by atomic mass is 9.86. The summed E-state index contributed by atoms with van der Waals surface area (Å²) in [5.74, 6) is -1.04. The maximum absolute atomic E-state index is 12.8. The van der Waals surface area contributed by atoms with Gasteiger partial charge in [-0.2, -0.15) is 5.26 Å². The molecule has 2 aromatic carbocycles. The fourth-order valence-corrected chi connectivity index (χ4v) is 4.80. The SMILES string of the molecule is C=CCOC(=O)C1=C(C)NC(SCC(=O)Nc2cccc3ccccc23)=C(C#N)[C@@H]1c1ccco1. The van der Waals surface area contributed by atoms with Crippen LogP contribution in [0.3, 0.4) is 0 Å². The van der Waals surface area contributed by atoms with Gasteiger partial charge in [0.05, 0.1) is 40.2 Å². The molecule has 0 radical (unpaired) electrons. The Bertz CT molecular complexity index is 1380. The number of hydrogen-bond donors (Lipinski definition) is 2. The number of ether oxygens (including phenoxy) is 1. The van der Waals surface area contributed by atoms with Gasteiger partial charge in [-0.3, -0.25) is 4.79 Å². The molecule has 8 heteroatoms. The van der Waals surface area contributed by atoms with Crippen LogP contribution in [0, 0.1) is 11.3 Å². The lowest BCUT2D eigenvalue weighted by molar-refractivity contribution is -0.138. The van der Waals surface area contributed by atoms with Crippen LogP contribution in [0.5, 0.6) is 0 Å². The highest BCUT2D eigenvalue weighted by atomic mass is 32.2. The molecule has 2 N–H and O–H groups in total. The van der Waals surface area contributed by atoms with E-state index >= 15 is 0 Å². The molecular formula is C27H23N3O4S. The lowest BCUT2D eigenvalue weighted by Gasteiger charge is -2.27. The highest BCUT2D eigenvalue weighted by molar-refractivity contribution is 8.03. The Morgan fingerprint density at radius 2 is 2.03 bits per heavy atom. The Hall–Kier alpha value is -4.22. The van der Waals surface area contributed by atoms with Crippen LogP contribution < -0.4 is 10.6 Å². The van der Waals surface area contributed by atoms with E-state index in [2.05, 4.69) is 23.3 Å². The first-order valence-corrected chi connectivity index (χ1v) is 11.9. The van der Waals surface area contributed by atoms with Crippen molar-refractivity contribution in [1.82, 2.24) is 5.32 Å². The first kappa shape index (κ1) is 23.9. The number of nitrogens with zero attached hydrogens (tertiary/aromatic N) is 1. The van der Waals surface area contributed by atoms with E-state index in [1.165, 1.54) is 24.1 Å². The van der Waals surface area contributed by atoms with Crippen molar-refractivity contribution in [2.24, 2.45) is 0 Å². The van der Waals surface area contributed by atoms with Gasteiger partial charge in [0.1, 0.15) is 12.4 Å². The number of rotatable bonds is 8. The minimum Gasteiger partial charge on any atom is -0.468 e. The van der Waals surface area contributed by atoms with Crippen LogP contribution in [0.25, 0.3) is 10.8 Å². The number of thioether (sulfide) groups is 1. The zero-order valence-corrected chi connectivity index (χ0v) is 19.9. The van der Waals surface area contributed by atoms with Crippen molar-refractivity contribution in [2.75, 3.05) is 17.7 Å². The molecule has 176 valence electrons. The third-order valence-corrected chi connectivity index (χ3v) is 6.46. The van der Waals surface area contributed by atoms with Crippen LogP contribution >= 0.6 is 11.8 Å². The zero-order valence-electron chi connectivity index (χ0n) is 19.0. The summed E-state index contributed by atoms with van der Waals surface area (Å²) in [5, 5.41) is 18.5. The molecule has 4 rings (SSSR count). The average molecular weight is 486 g/mol. The molecular weight excluding hydrogens is 462 g/mol. The molecule has 1 aromatic heterocycles. The largest absolute Gasteiger partial charge is 0.468 e. The van der Waals surface area contributed by atoms with Crippen LogP contribution in [0.15, 0.2) is 99.8 Å². The van der Waals surface area contributed by atoms with E-state index < -0.39 is 11.9 Å². The van der Waals surface area contributed by atoms with E-state index in [9.17, 15) is 14.9 Å². The Morgan fingerprint density at radius 1 is 1.23 bits per heavy atom. The normalized spacial score (nSPS) is 15.4. The summed E-state index contributed by atoms with van der Waals surface area (Å²) in [4.78, 5) is 25.6. The van der Waals surface area contributed by atoms with Gasteiger partial charge in [-0.1, -0.05) is 60.8 Å². The van der Waals surface area contributed by atoms with E-state index in [0.29, 0.717) is 16.5 Å². The van der Waals surface area contributed by atoms with Crippen LogP contribution in [0.4, 0.5) is 5.69 Å². The number of allylic oxidation sites excluding steroid dienone is 2. The fourth-order valence-electron chi connectivity index (χ4n) is 3.91. The van der Waals surface area contributed by atoms with Crippen molar-refractivity contribution in [3.8, 4) is 6.07 Å². The number of carbonyl (C=O) groups is 2. The van der Waals surface area contributed by atoms with Gasteiger partial charge < -0.3 is 19.8 Å². The van der Waals surface area contributed by atoms with Crippen molar-refractivity contribution in [3.05, 3.63) is 101 Å². The van der Waals surface area contributed by atoms with Gasteiger partial charge in [0, 0.05) is 16.8 Å². The van der Waals surface area contributed by atoms with Crippen LogP contribution in [0.2, 0.25) is 0 Å². The van der Waals surface area contributed by atoms with Crippen molar-refractivity contribution in [2.45, 2.75) is 12.8 Å². The molecule has 1 amide bonds. The number of anilines is 1. The summed E-state index contributed by atoms with van der Waals surface area (Å²) in [7, 11) is 0. The molecule has 0 saturated heterocycles. The molecule has 1 atom stereocenters. The Labute approximate surface area is 207 Å². The second-order valence-corrected chi connectivity index (χ2v) is 8.70. The van der Waals surface area contributed by atoms with E-state index in [0.717, 1.165) is 16.5 Å². The molecule has 0 aliphatic carbocycles. The zero-order chi connectivity index (χ0) is 24.8. The predicted molar refractivity (Wildman–Crippen MR) is 136 cm³/mol. The van der Waals surface area contributed by atoms with Crippen molar-refractivity contribution < 1.29 is 18.7 Å². The van der Waals surface area contributed by atoms with E-state index in [1.54, 1.807) is 19.1 Å². The molecule has 1 aliphatic rings. The second-order valence-electron chi connectivity index (χ2n) is 7.72. The summed E-state index contributed by atoms with van der Waals surface area (Å²) in [5.41, 5.74) is 1.80. The maximum atomic E-state index is 12.8. The number of fused-ring (bicyclic) bond motifs is 1. The summed E-state index contributed by atoms with van der Waals surface area (Å²) < 4.78 is 10.8. The summed E-state index contributed by atoms with van der Waals surface area (Å²) >= 11 is 1.19. The van der Waals surface area contributed by atoms with Gasteiger partial charge in [-0.25, -0.2) is 4.79 Å². The first-order valence-electron chi connectivity index (χ1n) is 10.9. The highest BCUT2D eigenvalue weighted by Crippen LogP contribution is 2.41. The quantitative estimate of drug-likeness (QED) is 0.332. The molecule has 35 heavy (non-hydrogen) atoms. The lowest BCUT2D eigenvalue weighted by Crippen LogP contribution is -2.29. The average Bonchev–Trinajstić information content (AvgIpc) is 3.40. The highest BCUT2D eigenvalue weighted by Gasteiger charge is 2.37. The number of carbonyl (C=O) groups excluding carboxylic acids is 2. The Balaban J connectivity index is 1.57. The molecule has 7 nitrogen and oxygen atoms in total. The summed E-state index contributed by atoms with van der Waals surface area (Å²) in [6.45, 7) is 5.34. The molecule has 0 unspecified atom stereocenters. The summed E-state index contributed by atoms with van der Waals surface area (Å²) in [6, 6.07) is 19.1. The number of nitrogens with one attached hydrogen (secondary N) is 2. The Morgan fingerprint density at radius 3 is 2.77 bits per heavy atom. The standard InChI is InChI=1S/C27H23N3O4S/c1-3-13-34-27(32)24-17(2)29-26(20(15-28)25(24)22-12-7-14-33-22)35-16-23(31)30-21-11-6-9-18-8-4-5-10-19(18)21/h3-12,14,25,29H,1,13,16H2,2H3,(H,30,31)/t25-/m1/s1. The van der Waals surface area contributed by atoms with E-state index in [1.807, 2.05) is 42.5 Å². The molecule has 0 saturated carbocycles. The second kappa shape index (κ2) is 10.8. The number of nitriles is 1. The number of esters is 1. The van der Waals surface area contributed by atoms with Crippen molar-refractivity contribution in [1.29, 1.82) is 5.26 Å². The molecule has 1 aliphatic heterocycles. The summed E-state index contributed by atoms with van der Waals surface area (Å²) in [6.07, 6.45) is 2.96.